The quantitative estimate of drug-likeness (QED) is 0.422. The van der Waals surface area contributed by atoms with E-state index in [9.17, 15) is 10.1 Å². The molecule has 6 heteroatoms. The van der Waals surface area contributed by atoms with Crippen molar-refractivity contribution in [3.05, 3.63) is 79.8 Å². The molecular weight excluding hydrogens is 347 g/mol. The molecule has 0 spiro atoms. The van der Waals surface area contributed by atoms with E-state index < -0.39 is 4.92 Å². The van der Waals surface area contributed by atoms with Crippen LogP contribution in [0.1, 0.15) is 29.5 Å². The molecule has 3 atom stereocenters. The van der Waals surface area contributed by atoms with Crippen LogP contribution in [0.15, 0.2) is 48.6 Å². The molecule has 122 valence electrons. The summed E-state index contributed by atoms with van der Waals surface area (Å²) >= 11 is 12.5. The number of nitrogens with zero attached hydrogens (tertiary/aromatic N) is 1. The zero-order valence-corrected chi connectivity index (χ0v) is 14.1. The summed E-state index contributed by atoms with van der Waals surface area (Å²) in [6.45, 7) is 0. The van der Waals surface area contributed by atoms with E-state index in [2.05, 4.69) is 17.5 Å². The van der Waals surface area contributed by atoms with Gasteiger partial charge in [0.2, 0.25) is 0 Å². The van der Waals surface area contributed by atoms with Crippen molar-refractivity contribution in [2.75, 3.05) is 5.32 Å². The highest BCUT2D eigenvalue weighted by atomic mass is 35.5. The summed E-state index contributed by atoms with van der Waals surface area (Å²) < 4.78 is 0. The Morgan fingerprint density at radius 1 is 1.21 bits per heavy atom. The highest BCUT2D eigenvalue weighted by Crippen LogP contribution is 2.52. The molecule has 0 saturated heterocycles. The van der Waals surface area contributed by atoms with Crippen LogP contribution in [0.3, 0.4) is 0 Å². The fourth-order valence-electron chi connectivity index (χ4n) is 3.78. The highest BCUT2D eigenvalue weighted by Gasteiger charge is 2.39. The first-order valence-corrected chi connectivity index (χ1v) is 8.46. The number of allylic oxidation sites excluding steroid dienone is 2. The summed E-state index contributed by atoms with van der Waals surface area (Å²) in [4.78, 5) is 10.7. The van der Waals surface area contributed by atoms with E-state index in [1.807, 2.05) is 24.3 Å². The molecule has 2 aromatic carbocycles. The van der Waals surface area contributed by atoms with Gasteiger partial charge in [0.15, 0.2) is 0 Å². The van der Waals surface area contributed by atoms with Crippen LogP contribution in [0.25, 0.3) is 0 Å². The first-order chi connectivity index (χ1) is 11.5. The third kappa shape index (κ3) is 2.46. The number of nitrogens with one attached hydrogen (secondary N) is 1. The van der Waals surface area contributed by atoms with Crippen LogP contribution in [0.2, 0.25) is 10.0 Å². The van der Waals surface area contributed by atoms with Crippen molar-refractivity contribution in [1.82, 2.24) is 0 Å². The van der Waals surface area contributed by atoms with E-state index in [0.717, 1.165) is 23.2 Å². The molecule has 0 unspecified atom stereocenters. The number of nitro groups is 1. The predicted octanol–water partition coefficient (Wildman–Crippen LogP) is 5.73. The van der Waals surface area contributed by atoms with Gasteiger partial charge in [-0.3, -0.25) is 10.1 Å². The van der Waals surface area contributed by atoms with Gasteiger partial charge >= 0.3 is 0 Å². The van der Waals surface area contributed by atoms with E-state index in [0.29, 0.717) is 10.0 Å². The molecular formula is C18H14Cl2N2O2. The number of anilines is 1. The number of rotatable bonds is 2. The van der Waals surface area contributed by atoms with Gasteiger partial charge in [0, 0.05) is 23.1 Å². The summed E-state index contributed by atoms with van der Waals surface area (Å²) in [7, 11) is 0. The monoisotopic (exact) mass is 360 g/mol. The minimum atomic E-state index is -0.400. The zero-order chi connectivity index (χ0) is 16.8. The van der Waals surface area contributed by atoms with E-state index in [1.54, 1.807) is 6.07 Å². The van der Waals surface area contributed by atoms with Gasteiger partial charge in [0.1, 0.15) is 0 Å². The number of nitro benzene ring substituents is 1. The molecule has 24 heavy (non-hydrogen) atoms. The number of benzene rings is 2. The van der Waals surface area contributed by atoms with Crippen molar-refractivity contribution >= 4 is 34.6 Å². The minimum absolute atomic E-state index is 0.0285. The Labute approximate surface area is 149 Å². The standard InChI is InChI=1S/C18H14Cl2N2O2/c19-11-4-1-3-10(7-11)17-14-6-2-5-13(14)15-8-12(22(23)24)9-16(20)18(15)21-17/h1-5,7-9,13-14,17,21H,6H2/t13-,14+,17-/m1/s1. The Morgan fingerprint density at radius 2 is 2.04 bits per heavy atom. The van der Waals surface area contributed by atoms with Crippen molar-refractivity contribution in [2.24, 2.45) is 5.92 Å². The molecule has 0 amide bonds. The van der Waals surface area contributed by atoms with Crippen LogP contribution >= 0.6 is 23.2 Å². The van der Waals surface area contributed by atoms with Crippen LogP contribution in [0.5, 0.6) is 0 Å². The zero-order valence-electron chi connectivity index (χ0n) is 12.6. The maximum Gasteiger partial charge on any atom is 0.271 e. The second kappa shape index (κ2) is 5.80. The van der Waals surface area contributed by atoms with Crippen molar-refractivity contribution in [3.8, 4) is 0 Å². The van der Waals surface area contributed by atoms with Gasteiger partial charge in [-0.1, -0.05) is 47.5 Å². The molecule has 2 aromatic rings. The van der Waals surface area contributed by atoms with Crippen LogP contribution in [-0.2, 0) is 0 Å². The van der Waals surface area contributed by atoms with Gasteiger partial charge in [-0.05, 0) is 35.6 Å². The largest absolute Gasteiger partial charge is 0.376 e. The van der Waals surface area contributed by atoms with Crippen LogP contribution in [0, 0.1) is 16.0 Å². The number of halogens is 2. The van der Waals surface area contributed by atoms with Gasteiger partial charge < -0.3 is 5.32 Å². The maximum absolute atomic E-state index is 11.1. The first-order valence-electron chi connectivity index (χ1n) is 7.71. The average molecular weight is 361 g/mol. The average Bonchev–Trinajstić information content (AvgIpc) is 3.04. The Bertz CT molecular complexity index is 866. The van der Waals surface area contributed by atoms with Crippen molar-refractivity contribution in [1.29, 1.82) is 0 Å². The van der Waals surface area contributed by atoms with Crippen molar-refractivity contribution < 1.29 is 4.92 Å². The number of non-ortho nitro benzene ring substituents is 1. The van der Waals surface area contributed by atoms with Crippen LogP contribution in [-0.4, -0.2) is 4.92 Å². The van der Waals surface area contributed by atoms with E-state index in [-0.39, 0.29) is 23.6 Å². The Hall–Kier alpha value is -2.04. The third-order valence-electron chi connectivity index (χ3n) is 4.82. The third-order valence-corrected chi connectivity index (χ3v) is 5.36. The lowest BCUT2D eigenvalue weighted by Gasteiger charge is -2.37. The van der Waals surface area contributed by atoms with Crippen molar-refractivity contribution in [3.63, 3.8) is 0 Å². The first kappa shape index (κ1) is 15.5. The second-order valence-corrected chi connectivity index (χ2v) is 7.02. The molecule has 1 N–H and O–H groups in total. The fraction of sp³-hybridized carbons (Fsp3) is 0.222. The molecule has 4 nitrogen and oxygen atoms in total. The molecule has 4 rings (SSSR count). The van der Waals surface area contributed by atoms with E-state index in [1.165, 1.54) is 6.07 Å². The Morgan fingerprint density at radius 3 is 2.79 bits per heavy atom. The van der Waals surface area contributed by atoms with Gasteiger partial charge in [0.05, 0.1) is 21.7 Å². The molecule has 2 aliphatic rings. The molecule has 0 fully saturated rings. The smallest absolute Gasteiger partial charge is 0.271 e. The minimum Gasteiger partial charge on any atom is -0.376 e. The fourth-order valence-corrected chi connectivity index (χ4v) is 4.25. The molecule has 0 saturated carbocycles. The molecule has 0 radical (unpaired) electrons. The molecule has 1 heterocycles. The van der Waals surface area contributed by atoms with Gasteiger partial charge in [-0.25, -0.2) is 0 Å². The summed E-state index contributed by atoms with van der Waals surface area (Å²) in [6, 6.07) is 10.9. The lowest BCUT2D eigenvalue weighted by atomic mass is 9.77. The van der Waals surface area contributed by atoms with E-state index >= 15 is 0 Å². The lowest BCUT2D eigenvalue weighted by molar-refractivity contribution is -0.384. The van der Waals surface area contributed by atoms with Gasteiger partial charge in [0.25, 0.3) is 5.69 Å². The molecule has 1 aliphatic heterocycles. The van der Waals surface area contributed by atoms with Crippen molar-refractivity contribution in [2.45, 2.75) is 18.4 Å². The molecule has 0 bridgehead atoms. The SMILES string of the molecule is O=[N+]([O-])c1cc(Cl)c2c(c1)[C@@H]1C=CC[C@@H]1[C@@H](c1cccc(Cl)c1)N2. The maximum atomic E-state index is 11.1. The Kier molecular flexibility index (Phi) is 3.74. The molecule has 0 aromatic heterocycles. The molecule has 1 aliphatic carbocycles. The predicted molar refractivity (Wildman–Crippen MR) is 95.9 cm³/mol. The number of fused-ring (bicyclic) bond motifs is 3. The topological polar surface area (TPSA) is 55.2 Å². The van der Waals surface area contributed by atoms with Gasteiger partial charge in [-0.2, -0.15) is 0 Å². The Balaban J connectivity index is 1.83. The van der Waals surface area contributed by atoms with Crippen LogP contribution < -0.4 is 5.32 Å². The second-order valence-electron chi connectivity index (χ2n) is 6.18. The normalized spacial score (nSPS) is 24.2. The van der Waals surface area contributed by atoms with Gasteiger partial charge in [-0.15, -0.1) is 0 Å². The summed E-state index contributed by atoms with van der Waals surface area (Å²) in [6.07, 6.45) is 5.17. The summed E-state index contributed by atoms with van der Waals surface area (Å²) in [5.74, 6) is 0.400. The number of hydrogen-bond donors (Lipinski definition) is 1. The summed E-state index contributed by atoms with van der Waals surface area (Å²) in [5, 5.41) is 15.7. The summed E-state index contributed by atoms with van der Waals surface area (Å²) in [5.41, 5.74) is 2.80. The van der Waals surface area contributed by atoms with Crippen LogP contribution in [0.4, 0.5) is 11.4 Å². The lowest BCUT2D eigenvalue weighted by Crippen LogP contribution is -2.29. The van der Waals surface area contributed by atoms with E-state index in [4.69, 9.17) is 23.2 Å². The number of hydrogen-bond acceptors (Lipinski definition) is 3. The highest BCUT2D eigenvalue weighted by molar-refractivity contribution is 6.33.